The largest absolute Gasteiger partial charge is 0.330 e. The second kappa shape index (κ2) is 8.01. The van der Waals surface area contributed by atoms with Crippen LogP contribution in [0.5, 0.6) is 0 Å². The van der Waals surface area contributed by atoms with Gasteiger partial charge in [0, 0.05) is 31.1 Å². The number of nitrogens with one attached hydrogen (secondary N) is 2. The van der Waals surface area contributed by atoms with Gasteiger partial charge in [-0.25, -0.2) is 0 Å². The number of carbonyl (C=O) groups is 3. The zero-order valence-electron chi connectivity index (χ0n) is 16.1. The number of carbonyl (C=O) groups excluding carboxylic acids is 3. The maximum absolute atomic E-state index is 12.9. The molecule has 3 atom stereocenters. The highest BCUT2D eigenvalue weighted by Crippen LogP contribution is 2.30. The van der Waals surface area contributed by atoms with E-state index in [-0.39, 0.29) is 24.1 Å². The number of hydrogen-bond donors (Lipinski definition) is 3. The van der Waals surface area contributed by atoms with Crippen LogP contribution in [0.15, 0.2) is 18.2 Å². The van der Waals surface area contributed by atoms with Crippen LogP contribution < -0.4 is 16.4 Å². The molecule has 1 aromatic carbocycles. The van der Waals surface area contributed by atoms with Gasteiger partial charge in [0.2, 0.25) is 11.8 Å². The van der Waals surface area contributed by atoms with Crippen LogP contribution in [-0.4, -0.2) is 41.2 Å². The number of hydrogen-bond acceptors (Lipinski definition) is 5. The van der Waals surface area contributed by atoms with Crippen LogP contribution in [-0.2, 0) is 22.7 Å². The fraction of sp³-hybridized carbons (Fsp3) is 0.571. The van der Waals surface area contributed by atoms with Crippen molar-refractivity contribution in [3.63, 3.8) is 0 Å². The maximum atomic E-state index is 12.9. The first-order chi connectivity index (χ1) is 13.6. The smallest absolute Gasteiger partial charge is 0.255 e. The topological polar surface area (TPSA) is 105 Å². The van der Waals surface area contributed by atoms with Gasteiger partial charge in [-0.05, 0) is 48.9 Å². The van der Waals surface area contributed by atoms with Crippen molar-refractivity contribution in [3.05, 3.63) is 34.9 Å². The summed E-state index contributed by atoms with van der Waals surface area (Å²) in [7, 11) is 0. The fourth-order valence-electron chi connectivity index (χ4n) is 4.82. The third-order valence-corrected chi connectivity index (χ3v) is 6.45. The Morgan fingerprint density at radius 1 is 1.14 bits per heavy atom. The quantitative estimate of drug-likeness (QED) is 0.659. The molecule has 7 heteroatoms. The number of piperidine rings is 1. The van der Waals surface area contributed by atoms with Gasteiger partial charge in [0.1, 0.15) is 6.04 Å². The Labute approximate surface area is 165 Å². The summed E-state index contributed by atoms with van der Waals surface area (Å²) in [6.45, 7) is 1.82. The lowest BCUT2D eigenvalue weighted by Gasteiger charge is -2.31. The van der Waals surface area contributed by atoms with E-state index in [1.54, 1.807) is 4.90 Å². The molecule has 3 aliphatic rings. The molecule has 0 spiro atoms. The molecule has 1 saturated heterocycles. The molecule has 4 rings (SSSR count). The van der Waals surface area contributed by atoms with Crippen LogP contribution in [0, 0.1) is 5.92 Å². The van der Waals surface area contributed by atoms with Gasteiger partial charge in [-0.1, -0.05) is 25.0 Å². The number of nitrogens with zero attached hydrogens (tertiary/aromatic N) is 1. The van der Waals surface area contributed by atoms with Crippen molar-refractivity contribution < 1.29 is 14.4 Å². The average molecular weight is 384 g/mol. The van der Waals surface area contributed by atoms with Crippen LogP contribution in [0.3, 0.4) is 0 Å². The fourth-order valence-corrected chi connectivity index (χ4v) is 4.82. The summed E-state index contributed by atoms with van der Waals surface area (Å²) in [6, 6.07) is 5.63. The third kappa shape index (κ3) is 3.56. The second-order valence-electron chi connectivity index (χ2n) is 8.11. The molecule has 150 valence electrons. The summed E-state index contributed by atoms with van der Waals surface area (Å²) >= 11 is 0. The predicted octanol–water partition coefficient (Wildman–Crippen LogP) is 1.05. The minimum Gasteiger partial charge on any atom is -0.330 e. The van der Waals surface area contributed by atoms with Crippen molar-refractivity contribution in [1.82, 2.24) is 15.5 Å². The minimum atomic E-state index is -0.571. The second-order valence-corrected chi connectivity index (χ2v) is 8.11. The van der Waals surface area contributed by atoms with Crippen molar-refractivity contribution in [2.45, 2.75) is 63.7 Å². The van der Waals surface area contributed by atoms with Crippen LogP contribution >= 0.6 is 0 Å². The molecule has 1 aromatic rings. The Hall–Kier alpha value is -2.25. The van der Waals surface area contributed by atoms with Crippen LogP contribution in [0.4, 0.5) is 0 Å². The van der Waals surface area contributed by atoms with Gasteiger partial charge in [-0.2, -0.15) is 0 Å². The maximum Gasteiger partial charge on any atom is 0.255 e. The van der Waals surface area contributed by atoms with E-state index in [1.807, 2.05) is 18.2 Å². The minimum absolute atomic E-state index is 0.121. The van der Waals surface area contributed by atoms with Gasteiger partial charge in [-0.3, -0.25) is 19.7 Å². The van der Waals surface area contributed by atoms with Gasteiger partial charge in [0.05, 0.1) is 0 Å². The molecule has 7 nitrogen and oxygen atoms in total. The Morgan fingerprint density at radius 3 is 2.75 bits per heavy atom. The van der Waals surface area contributed by atoms with Gasteiger partial charge in [0.15, 0.2) is 0 Å². The van der Waals surface area contributed by atoms with E-state index in [0.717, 1.165) is 17.5 Å². The third-order valence-electron chi connectivity index (χ3n) is 6.45. The van der Waals surface area contributed by atoms with Crippen molar-refractivity contribution in [2.75, 3.05) is 6.54 Å². The standard InChI is InChI=1S/C21H28N4O3/c22-10-13-4-1-2-7-17(13)23-11-14-5-3-6-15-16(14)12-25(21(15)28)18-8-9-19(26)24-20(18)27/h3,5-6,13,17-18,23H,1-2,4,7-12,22H2,(H,24,26,27). The zero-order valence-corrected chi connectivity index (χ0v) is 16.1. The molecule has 3 unspecified atom stereocenters. The molecule has 2 heterocycles. The van der Waals surface area contributed by atoms with Crippen LogP contribution in [0.1, 0.15) is 60.0 Å². The van der Waals surface area contributed by atoms with Gasteiger partial charge in [0.25, 0.3) is 5.91 Å². The zero-order chi connectivity index (χ0) is 19.7. The van der Waals surface area contributed by atoms with Gasteiger partial charge in [-0.15, -0.1) is 0 Å². The summed E-state index contributed by atoms with van der Waals surface area (Å²) in [5, 5.41) is 6.01. The van der Waals surface area contributed by atoms with E-state index < -0.39 is 6.04 Å². The predicted molar refractivity (Wildman–Crippen MR) is 104 cm³/mol. The number of fused-ring (bicyclic) bond motifs is 1. The molecule has 1 saturated carbocycles. The summed E-state index contributed by atoms with van der Waals surface area (Å²) in [6.07, 6.45) is 5.44. The lowest BCUT2D eigenvalue weighted by Crippen LogP contribution is -2.52. The summed E-state index contributed by atoms with van der Waals surface area (Å²) in [4.78, 5) is 38.2. The van der Waals surface area contributed by atoms with Crippen molar-refractivity contribution >= 4 is 17.7 Å². The van der Waals surface area contributed by atoms with Crippen molar-refractivity contribution in [1.29, 1.82) is 0 Å². The van der Waals surface area contributed by atoms with E-state index in [9.17, 15) is 14.4 Å². The number of nitrogens with two attached hydrogens (primary N) is 1. The van der Waals surface area contributed by atoms with Crippen molar-refractivity contribution in [2.24, 2.45) is 11.7 Å². The SMILES string of the molecule is NCC1CCCCC1NCc1cccc2c1CN(C1CCC(=O)NC1=O)C2=O. The van der Waals surface area contributed by atoms with Crippen LogP contribution in [0.25, 0.3) is 0 Å². The highest BCUT2D eigenvalue weighted by molar-refractivity contribution is 6.05. The first-order valence-corrected chi connectivity index (χ1v) is 10.3. The lowest BCUT2D eigenvalue weighted by atomic mass is 9.84. The summed E-state index contributed by atoms with van der Waals surface area (Å²) in [5.41, 5.74) is 8.70. The normalized spacial score (nSPS) is 27.7. The number of imide groups is 1. The molecule has 0 bridgehead atoms. The number of benzene rings is 1. The van der Waals surface area contributed by atoms with E-state index in [2.05, 4.69) is 10.6 Å². The average Bonchev–Trinajstić information content (AvgIpc) is 3.04. The van der Waals surface area contributed by atoms with E-state index >= 15 is 0 Å². The Morgan fingerprint density at radius 2 is 1.96 bits per heavy atom. The molecule has 0 radical (unpaired) electrons. The molecule has 0 aromatic heterocycles. The van der Waals surface area contributed by atoms with Gasteiger partial charge >= 0.3 is 0 Å². The van der Waals surface area contributed by atoms with E-state index in [4.69, 9.17) is 5.73 Å². The molecule has 2 aliphatic heterocycles. The number of amides is 3. The Bertz CT molecular complexity index is 794. The highest BCUT2D eigenvalue weighted by atomic mass is 16.2. The number of rotatable bonds is 5. The molecular weight excluding hydrogens is 356 g/mol. The van der Waals surface area contributed by atoms with Gasteiger partial charge < -0.3 is 16.0 Å². The van der Waals surface area contributed by atoms with Crippen molar-refractivity contribution in [3.8, 4) is 0 Å². The van der Waals surface area contributed by atoms with E-state index in [1.165, 1.54) is 19.3 Å². The first-order valence-electron chi connectivity index (χ1n) is 10.3. The molecule has 28 heavy (non-hydrogen) atoms. The monoisotopic (exact) mass is 384 g/mol. The summed E-state index contributed by atoms with van der Waals surface area (Å²) < 4.78 is 0. The lowest BCUT2D eigenvalue weighted by molar-refractivity contribution is -0.136. The molecule has 3 amide bonds. The highest BCUT2D eigenvalue weighted by Gasteiger charge is 2.39. The molecule has 2 fully saturated rings. The molecule has 4 N–H and O–H groups in total. The summed E-state index contributed by atoms with van der Waals surface area (Å²) in [5.74, 6) is -0.252. The molecule has 1 aliphatic carbocycles. The first kappa shape index (κ1) is 19.1. The Balaban J connectivity index is 1.48. The van der Waals surface area contributed by atoms with E-state index in [0.29, 0.717) is 43.6 Å². The Kier molecular flexibility index (Phi) is 5.46. The molecular formula is C21H28N4O3. The van der Waals surface area contributed by atoms with Crippen LogP contribution in [0.2, 0.25) is 0 Å².